The molecule has 1 N–H and O–H groups in total. The van der Waals surface area contributed by atoms with Crippen LogP contribution in [0.1, 0.15) is 57.8 Å². The van der Waals surface area contributed by atoms with E-state index in [1.54, 1.807) is 0 Å². The molecule has 2 aliphatic carbocycles. The van der Waals surface area contributed by atoms with Crippen LogP contribution in [0.2, 0.25) is 0 Å². The van der Waals surface area contributed by atoms with Gasteiger partial charge in [-0.25, -0.2) is 0 Å². The molecular weight excluding hydrogens is 182 g/mol. The van der Waals surface area contributed by atoms with E-state index in [0.717, 1.165) is 17.8 Å². The molecule has 2 saturated carbocycles. The molecule has 0 heterocycles. The van der Waals surface area contributed by atoms with Gasteiger partial charge in [0.1, 0.15) is 0 Å². The molecule has 0 spiro atoms. The Labute approximate surface area is 95.0 Å². The van der Waals surface area contributed by atoms with Gasteiger partial charge in [-0.1, -0.05) is 44.9 Å². The van der Waals surface area contributed by atoms with Crippen LogP contribution in [-0.4, -0.2) is 13.6 Å². The molecule has 2 unspecified atom stereocenters. The van der Waals surface area contributed by atoms with Crippen molar-refractivity contribution in [3.63, 3.8) is 0 Å². The van der Waals surface area contributed by atoms with Crippen LogP contribution in [0.25, 0.3) is 0 Å². The highest BCUT2D eigenvalue weighted by molar-refractivity contribution is 4.83. The van der Waals surface area contributed by atoms with Crippen molar-refractivity contribution in [2.75, 3.05) is 13.6 Å². The molecule has 0 amide bonds. The zero-order valence-electron chi connectivity index (χ0n) is 10.3. The molecule has 0 aromatic heterocycles. The molecule has 15 heavy (non-hydrogen) atoms. The van der Waals surface area contributed by atoms with Crippen molar-refractivity contribution in [2.45, 2.75) is 57.8 Å². The average Bonchev–Trinajstić information content (AvgIpc) is 2.67. The predicted molar refractivity (Wildman–Crippen MR) is 65.9 cm³/mol. The van der Waals surface area contributed by atoms with Crippen LogP contribution in [0.3, 0.4) is 0 Å². The molecular formula is C14H27N. The summed E-state index contributed by atoms with van der Waals surface area (Å²) in [5, 5.41) is 3.42. The third-order valence-electron chi connectivity index (χ3n) is 4.69. The van der Waals surface area contributed by atoms with Gasteiger partial charge in [-0.2, -0.15) is 0 Å². The standard InChI is InChI=1S/C14H27N/c1-15-11-13-9-3-2-4-10-14(13)12-7-5-6-8-12/h12-15H,2-11H2,1H3. The zero-order chi connectivity index (χ0) is 10.5. The Morgan fingerprint density at radius 1 is 0.867 bits per heavy atom. The Bertz CT molecular complexity index is 172. The van der Waals surface area contributed by atoms with Crippen LogP contribution in [0.15, 0.2) is 0 Å². The minimum Gasteiger partial charge on any atom is -0.319 e. The fourth-order valence-electron chi connectivity index (χ4n) is 3.93. The number of nitrogens with one attached hydrogen (secondary N) is 1. The van der Waals surface area contributed by atoms with Crippen LogP contribution >= 0.6 is 0 Å². The summed E-state index contributed by atoms with van der Waals surface area (Å²) in [6.07, 6.45) is 13.6. The maximum absolute atomic E-state index is 3.42. The number of hydrogen-bond acceptors (Lipinski definition) is 1. The maximum atomic E-state index is 3.42. The summed E-state index contributed by atoms with van der Waals surface area (Å²) in [6, 6.07) is 0. The summed E-state index contributed by atoms with van der Waals surface area (Å²) in [6.45, 7) is 1.27. The molecule has 2 atom stereocenters. The van der Waals surface area contributed by atoms with Gasteiger partial charge in [0.25, 0.3) is 0 Å². The number of rotatable bonds is 3. The molecule has 1 heteroatoms. The molecule has 0 aliphatic heterocycles. The van der Waals surface area contributed by atoms with E-state index in [9.17, 15) is 0 Å². The van der Waals surface area contributed by atoms with E-state index < -0.39 is 0 Å². The van der Waals surface area contributed by atoms with Crippen LogP contribution in [0.5, 0.6) is 0 Å². The van der Waals surface area contributed by atoms with E-state index >= 15 is 0 Å². The van der Waals surface area contributed by atoms with Gasteiger partial charge >= 0.3 is 0 Å². The van der Waals surface area contributed by atoms with Gasteiger partial charge in [-0.05, 0) is 44.2 Å². The first kappa shape index (κ1) is 11.4. The molecule has 0 aromatic carbocycles. The smallest absolute Gasteiger partial charge is 0.00208 e. The van der Waals surface area contributed by atoms with E-state index in [2.05, 4.69) is 12.4 Å². The Hall–Kier alpha value is -0.0400. The summed E-state index contributed by atoms with van der Waals surface area (Å²) in [7, 11) is 2.12. The largest absolute Gasteiger partial charge is 0.319 e. The van der Waals surface area contributed by atoms with E-state index in [4.69, 9.17) is 0 Å². The van der Waals surface area contributed by atoms with Crippen molar-refractivity contribution in [1.29, 1.82) is 0 Å². The van der Waals surface area contributed by atoms with Crippen molar-refractivity contribution in [2.24, 2.45) is 17.8 Å². The third kappa shape index (κ3) is 2.96. The van der Waals surface area contributed by atoms with Crippen molar-refractivity contribution >= 4 is 0 Å². The second-order valence-corrected chi connectivity index (χ2v) is 5.66. The molecule has 0 bridgehead atoms. The van der Waals surface area contributed by atoms with Crippen LogP contribution < -0.4 is 5.32 Å². The fraction of sp³-hybridized carbons (Fsp3) is 1.00. The monoisotopic (exact) mass is 209 g/mol. The Morgan fingerprint density at radius 3 is 2.27 bits per heavy atom. The van der Waals surface area contributed by atoms with E-state index in [1.165, 1.54) is 64.3 Å². The summed E-state index contributed by atoms with van der Waals surface area (Å²) >= 11 is 0. The molecule has 0 radical (unpaired) electrons. The lowest BCUT2D eigenvalue weighted by atomic mass is 9.77. The highest BCUT2D eigenvalue weighted by Crippen LogP contribution is 2.41. The Kier molecular flexibility index (Phi) is 4.49. The normalized spacial score (nSPS) is 34.2. The van der Waals surface area contributed by atoms with E-state index in [-0.39, 0.29) is 0 Å². The average molecular weight is 209 g/mol. The van der Waals surface area contributed by atoms with Crippen LogP contribution in [0, 0.1) is 17.8 Å². The van der Waals surface area contributed by atoms with Crippen molar-refractivity contribution in [1.82, 2.24) is 5.32 Å². The summed E-state index contributed by atoms with van der Waals surface area (Å²) in [4.78, 5) is 0. The summed E-state index contributed by atoms with van der Waals surface area (Å²) < 4.78 is 0. The molecule has 0 saturated heterocycles. The van der Waals surface area contributed by atoms with Crippen LogP contribution in [0.4, 0.5) is 0 Å². The van der Waals surface area contributed by atoms with E-state index in [1.807, 2.05) is 0 Å². The summed E-state index contributed by atoms with van der Waals surface area (Å²) in [5.41, 5.74) is 0. The number of hydrogen-bond donors (Lipinski definition) is 1. The molecule has 2 fully saturated rings. The third-order valence-corrected chi connectivity index (χ3v) is 4.69. The first-order valence-corrected chi connectivity index (χ1v) is 7.06. The molecule has 2 rings (SSSR count). The van der Waals surface area contributed by atoms with Gasteiger partial charge in [0.15, 0.2) is 0 Å². The van der Waals surface area contributed by atoms with Gasteiger partial charge in [0.2, 0.25) is 0 Å². The lowest BCUT2D eigenvalue weighted by molar-refractivity contribution is 0.211. The topological polar surface area (TPSA) is 12.0 Å². The molecule has 0 aromatic rings. The molecule has 2 aliphatic rings. The predicted octanol–water partition coefficient (Wildman–Crippen LogP) is 3.59. The lowest BCUT2D eigenvalue weighted by Crippen LogP contribution is -2.29. The minimum atomic E-state index is 0.987. The highest BCUT2D eigenvalue weighted by atomic mass is 14.8. The fourth-order valence-corrected chi connectivity index (χ4v) is 3.93. The van der Waals surface area contributed by atoms with Crippen LogP contribution in [-0.2, 0) is 0 Å². The second-order valence-electron chi connectivity index (χ2n) is 5.66. The first-order chi connectivity index (χ1) is 7.42. The zero-order valence-corrected chi connectivity index (χ0v) is 10.3. The van der Waals surface area contributed by atoms with Crippen molar-refractivity contribution in [3.8, 4) is 0 Å². The SMILES string of the molecule is CNCC1CCCCCC1C1CCCC1. The first-order valence-electron chi connectivity index (χ1n) is 7.06. The molecule has 1 nitrogen and oxygen atoms in total. The van der Waals surface area contributed by atoms with Gasteiger partial charge in [-0.15, -0.1) is 0 Å². The maximum Gasteiger partial charge on any atom is -0.00208 e. The van der Waals surface area contributed by atoms with Gasteiger partial charge < -0.3 is 5.32 Å². The highest BCUT2D eigenvalue weighted by Gasteiger charge is 2.31. The van der Waals surface area contributed by atoms with Crippen molar-refractivity contribution in [3.05, 3.63) is 0 Å². The molecule has 88 valence electrons. The minimum absolute atomic E-state index is 0.987. The quantitative estimate of drug-likeness (QED) is 0.700. The van der Waals surface area contributed by atoms with Gasteiger partial charge in [-0.3, -0.25) is 0 Å². The Morgan fingerprint density at radius 2 is 1.53 bits per heavy atom. The van der Waals surface area contributed by atoms with Crippen molar-refractivity contribution < 1.29 is 0 Å². The van der Waals surface area contributed by atoms with Gasteiger partial charge in [0, 0.05) is 0 Å². The Balaban J connectivity index is 1.95. The van der Waals surface area contributed by atoms with Gasteiger partial charge in [0.05, 0.1) is 0 Å². The van der Waals surface area contributed by atoms with E-state index in [0.29, 0.717) is 0 Å². The lowest BCUT2D eigenvalue weighted by Gasteiger charge is -2.30. The second kappa shape index (κ2) is 5.89. The summed E-state index contributed by atoms with van der Waals surface area (Å²) in [5.74, 6) is 3.13.